The highest BCUT2D eigenvalue weighted by molar-refractivity contribution is 7.86. The van der Waals surface area contributed by atoms with Crippen LogP contribution in [0, 0.1) is 6.92 Å². The Labute approximate surface area is 110 Å². The van der Waals surface area contributed by atoms with E-state index in [1.807, 2.05) is 6.92 Å². The van der Waals surface area contributed by atoms with Crippen LogP contribution < -0.4 is 4.57 Å². The summed E-state index contributed by atoms with van der Waals surface area (Å²) in [7, 11) is -6.09. The lowest BCUT2D eigenvalue weighted by Gasteiger charge is -2.08. The molecule has 1 aromatic rings. The van der Waals surface area contributed by atoms with E-state index in [9.17, 15) is 26.3 Å². The molecule has 1 rings (SSSR count). The van der Waals surface area contributed by atoms with E-state index in [4.69, 9.17) is 13.0 Å². The highest BCUT2D eigenvalue weighted by atomic mass is 32.2. The highest BCUT2D eigenvalue weighted by Crippen LogP contribution is 2.20. The third kappa shape index (κ3) is 7.94. The Morgan fingerprint density at radius 1 is 1.10 bits per heavy atom. The molecule has 0 unspecified atom stereocenters. The Hall–Kier alpha value is -1.36. The monoisotopic (exact) mass is 325 g/mol. The van der Waals surface area contributed by atoms with Crippen molar-refractivity contribution in [2.24, 2.45) is 0 Å². The van der Waals surface area contributed by atoms with Crippen molar-refractivity contribution in [3.8, 4) is 0 Å². The van der Waals surface area contributed by atoms with Crippen LogP contribution >= 0.6 is 0 Å². The second-order valence-corrected chi connectivity index (χ2v) is 4.93. The second kappa shape index (κ2) is 6.39. The van der Waals surface area contributed by atoms with Crippen molar-refractivity contribution < 1.29 is 43.9 Å². The van der Waals surface area contributed by atoms with E-state index < -0.39 is 28.3 Å². The zero-order valence-electron chi connectivity index (χ0n) is 9.86. The number of hydrogen-bond acceptors (Lipinski definition) is 3. The zero-order chi connectivity index (χ0) is 16.2. The van der Waals surface area contributed by atoms with Crippen molar-refractivity contribution in [1.82, 2.24) is 0 Å². The van der Waals surface area contributed by atoms with Crippen LogP contribution in [0.1, 0.15) is 5.56 Å². The van der Waals surface area contributed by atoms with Crippen LogP contribution in [0.2, 0.25) is 0 Å². The Morgan fingerprint density at radius 3 is 1.70 bits per heavy atom. The number of halogens is 6. The summed E-state index contributed by atoms with van der Waals surface area (Å²) in [6.07, 6.45) is -1.30. The third-order valence-corrected chi connectivity index (χ3v) is 2.27. The van der Waals surface area contributed by atoms with Gasteiger partial charge in [-0.3, -0.25) is 0 Å². The molecule has 0 radical (unpaired) electrons. The molecule has 4 nitrogen and oxygen atoms in total. The van der Waals surface area contributed by atoms with Gasteiger partial charge in [0.2, 0.25) is 6.54 Å². The average Bonchev–Trinajstić information content (AvgIpc) is 2.17. The van der Waals surface area contributed by atoms with Gasteiger partial charge in [0.05, 0.1) is 0 Å². The first-order chi connectivity index (χ1) is 8.72. The van der Waals surface area contributed by atoms with E-state index in [2.05, 4.69) is 0 Å². The number of nitrogens with zero attached hydrogens (tertiary/aromatic N) is 1. The molecule has 0 aliphatic heterocycles. The zero-order valence-corrected chi connectivity index (χ0v) is 10.7. The maximum atomic E-state index is 11.8. The number of rotatable bonds is 1. The molecular formula is C9H9F6NO3S. The first-order valence-electron chi connectivity index (χ1n) is 4.77. The number of aryl methyl sites for hydroxylation is 1. The van der Waals surface area contributed by atoms with Gasteiger partial charge in [0, 0.05) is 12.1 Å². The molecule has 0 spiro atoms. The van der Waals surface area contributed by atoms with Crippen molar-refractivity contribution in [2.75, 3.05) is 0 Å². The Balaban J connectivity index is 0.000000396. The van der Waals surface area contributed by atoms with E-state index in [0.717, 1.165) is 10.1 Å². The maximum Gasteiger partial charge on any atom is 0.485 e. The summed E-state index contributed by atoms with van der Waals surface area (Å²) in [6, 6.07) is 3.29. The largest absolute Gasteiger partial charge is 0.741 e. The molecule has 0 aliphatic rings. The lowest BCUT2D eigenvalue weighted by molar-refractivity contribution is -0.719. The molecule has 0 saturated heterocycles. The van der Waals surface area contributed by atoms with Crippen molar-refractivity contribution >= 4 is 10.1 Å². The van der Waals surface area contributed by atoms with Gasteiger partial charge in [0.1, 0.15) is 0 Å². The molecule has 0 amide bonds. The lowest BCUT2D eigenvalue weighted by atomic mass is 10.3. The molecular weight excluding hydrogens is 316 g/mol. The fourth-order valence-electron chi connectivity index (χ4n) is 0.844. The predicted molar refractivity (Wildman–Crippen MR) is 53.2 cm³/mol. The summed E-state index contributed by atoms with van der Waals surface area (Å²) in [6.45, 7) is 0.908. The highest BCUT2D eigenvalue weighted by Gasteiger charge is 2.37. The van der Waals surface area contributed by atoms with Gasteiger partial charge in [0.25, 0.3) is 0 Å². The van der Waals surface area contributed by atoms with Gasteiger partial charge in [-0.25, -0.2) is 8.42 Å². The summed E-state index contributed by atoms with van der Waals surface area (Å²) in [5.41, 5.74) is -4.69. The van der Waals surface area contributed by atoms with Crippen LogP contribution in [0.25, 0.3) is 0 Å². The predicted octanol–water partition coefficient (Wildman–Crippen LogP) is 1.90. The molecule has 0 aliphatic carbocycles. The number of aromatic nitrogens is 1. The molecule has 0 aromatic carbocycles. The molecule has 0 bridgehead atoms. The van der Waals surface area contributed by atoms with Gasteiger partial charge in [0.15, 0.2) is 22.5 Å². The quantitative estimate of drug-likeness (QED) is 0.343. The van der Waals surface area contributed by atoms with Crippen molar-refractivity contribution in [1.29, 1.82) is 0 Å². The summed E-state index contributed by atoms with van der Waals surface area (Å²) < 4.78 is 95.5. The fraction of sp³-hybridized carbons (Fsp3) is 0.444. The SMILES string of the molecule is Cc1cc[n+](CC(F)(F)F)cc1.O=S(=O)([O-])C(F)(F)F. The topological polar surface area (TPSA) is 61.1 Å². The molecule has 116 valence electrons. The van der Waals surface area contributed by atoms with Crippen molar-refractivity contribution in [3.63, 3.8) is 0 Å². The van der Waals surface area contributed by atoms with E-state index in [1.165, 1.54) is 12.4 Å². The van der Waals surface area contributed by atoms with Gasteiger partial charge < -0.3 is 4.55 Å². The normalized spacial score (nSPS) is 12.6. The smallest absolute Gasteiger partial charge is 0.485 e. The molecule has 1 heterocycles. The first-order valence-corrected chi connectivity index (χ1v) is 6.18. The summed E-state index contributed by atoms with van der Waals surface area (Å²) in [5.74, 6) is 0. The number of hydrogen-bond donors (Lipinski definition) is 0. The van der Waals surface area contributed by atoms with Crippen LogP contribution in [-0.2, 0) is 16.7 Å². The minimum atomic E-state index is -6.09. The Bertz CT molecular complexity index is 520. The Morgan fingerprint density at radius 2 is 1.45 bits per heavy atom. The molecule has 0 atom stereocenters. The average molecular weight is 325 g/mol. The Kier molecular flexibility index (Phi) is 5.96. The molecule has 0 saturated carbocycles. The van der Waals surface area contributed by atoms with Gasteiger partial charge in [-0.05, 0) is 12.5 Å². The second-order valence-electron chi connectivity index (χ2n) is 3.56. The molecule has 1 aromatic heterocycles. The summed E-state index contributed by atoms with van der Waals surface area (Å²) >= 11 is 0. The van der Waals surface area contributed by atoms with E-state index in [-0.39, 0.29) is 0 Å². The van der Waals surface area contributed by atoms with Crippen molar-refractivity contribution in [3.05, 3.63) is 30.1 Å². The molecule has 11 heteroatoms. The van der Waals surface area contributed by atoms with E-state index in [0.29, 0.717) is 0 Å². The standard InChI is InChI=1S/C8H9F3N.CHF3O3S/c1-7-2-4-12(5-3-7)6-8(9,10)11;2-1(3,4)8(5,6)7/h2-5H,6H2,1H3;(H,5,6,7)/q+1;/p-1. The molecule has 0 fully saturated rings. The van der Waals surface area contributed by atoms with Crippen LogP contribution in [0.15, 0.2) is 24.5 Å². The van der Waals surface area contributed by atoms with Crippen LogP contribution in [0.3, 0.4) is 0 Å². The lowest BCUT2D eigenvalue weighted by Crippen LogP contribution is -2.40. The molecule has 0 N–H and O–H groups in total. The molecule has 20 heavy (non-hydrogen) atoms. The van der Waals surface area contributed by atoms with Gasteiger partial charge in [-0.1, -0.05) is 0 Å². The van der Waals surface area contributed by atoms with Crippen LogP contribution in [-0.4, -0.2) is 24.7 Å². The number of pyridine rings is 1. The van der Waals surface area contributed by atoms with Gasteiger partial charge in [-0.15, -0.1) is 0 Å². The van der Waals surface area contributed by atoms with Crippen LogP contribution in [0.5, 0.6) is 0 Å². The number of alkyl halides is 6. The summed E-state index contributed by atoms with van der Waals surface area (Å²) in [4.78, 5) is 0. The van der Waals surface area contributed by atoms with Gasteiger partial charge in [-0.2, -0.15) is 30.9 Å². The minimum Gasteiger partial charge on any atom is -0.741 e. The summed E-state index contributed by atoms with van der Waals surface area (Å²) in [5, 5.41) is 0. The van der Waals surface area contributed by atoms with E-state index in [1.54, 1.807) is 12.1 Å². The fourth-order valence-corrected chi connectivity index (χ4v) is 0.844. The first kappa shape index (κ1) is 18.6. The van der Waals surface area contributed by atoms with Crippen LogP contribution in [0.4, 0.5) is 26.3 Å². The maximum absolute atomic E-state index is 11.8. The third-order valence-electron chi connectivity index (χ3n) is 1.70. The minimum absolute atomic E-state index is 0.923. The van der Waals surface area contributed by atoms with Gasteiger partial charge >= 0.3 is 11.7 Å². The van der Waals surface area contributed by atoms with Crippen molar-refractivity contribution in [2.45, 2.75) is 25.2 Å². The van der Waals surface area contributed by atoms with E-state index >= 15 is 0 Å².